The van der Waals surface area contributed by atoms with Crippen LogP contribution in [0.3, 0.4) is 0 Å². The molecule has 5 nitrogen and oxygen atoms in total. The Hall–Kier alpha value is -1.36. The summed E-state index contributed by atoms with van der Waals surface area (Å²) in [5.74, 6) is 0.186. The highest BCUT2D eigenvalue weighted by molar-refractivity contribution is 5.78. The number of carbonyl (C=O) groups is 1. The normalized spacial score (nSPS) is 11.7. The summed E-state index contributed by atoms with van der Waals surface area (Å²) >= 11 is 0. The minimum Gasteiger partial charge on any atom is -0.480 e. The Morgan fingerprint density at radius 3 is 2.59 bits per heavy atom. The van der Waals surface area contributed by atoms with Gasteiger partial charge in [0.05, 0.1) is 0 Å². The van der Waals surface area contributed by atoms with E-state index >= 15 is 0 Å². The van der Waals surface area contributed by atoms with Crippen molar-refractivity contribution in [3.05, 3.63) is 18.2 Å². The van der Waals surface area contributed by atoms with Crippen LogP contribution in [0.15, 0.2) is 12.4 Å². The molecule has 0 fully saturated rings. The molecule has 0 amide bonds. The van der Waals surface area contributed by atoms with Crippen LogP contribution in [0.25, 0.3) is 0 Å². The second-order valence-electron chi connectivity index (χ2n) is 4.23. The number of nitrogens with one attached hydrogen (secondary N) is 1. The van der Waals surface area contributed by atoms with Crippen molar-refractivity contribution >= 4 is 5.97 Å². The first-order valence-corrected chi connectivity index (χ1v) is 6.00. The zero-order valence-electron chi connectivity index (χ0n) is 10.7. The molecule has 0 radical (unpaired) electrons. The van der Waals surface area contributed by atoms with E-state index in [1.807, 2.05) is 31.7 Å². The Morgan fingerprint density at radius 1 is 1.53 bits per heavy atom. The van der Waals surface area contributed by atoms with Gasteiger partial charge in [0.2, 0.25) is 0 Å². The van der Waals surface area contributed by atoms with Gasteiger partial charge in [0.15, 0.2) is 0 Å². The number of carboxylic acids is 1. The monoisotopic (exact) mass is 239 g/mol. The van der Waals surface area contributed by atoms with Crippen molar-refractivity contribution in [2.24, 2.45) is 7.05 Å². The molecule has 0 atom stereocenters. The van der Waals surface area contributed by atoms with Gasteiger partial charge in [-0.2, -0.15) is 0 Å². The molecule has 0 aliphatic rings. The van der Waals surface area contributed by atoms with E-state index in [1.165, 1.54) is 0 Å². The third-order valence-electron chi connectivity index (χ3n) is 3.35. The van der Waals surface area contributed by atoms with Gasteiger partial charge in [-0.15, -0.1) is 0 Å². The summed E-state index contributed by atoms with van der Waals surface area (Å²) in [4.78, 5) is 15.5. The predicted octanol–water partition coefficient (Wildman–Crippen LogP) is 1.20. The molecule has 1 rings (SSSR count). The highest BCUT2D eigenvalue weighted by Crippen LogP contribution is 2.15. The number of nitrogens with zero attached hydrogens (tertiary/aromatic N) is 2. The Balaban J connectivity index is 2.54. The first-order chi connectivity index (χ1) is 8.05. The molecule has 96 valence electrons. The molecule has 0 spiro atoms. The van der Waals surface area contributed by atoms with Crippen molar-refractivity contribution in [2.45, 2.75) is 38.6 Å². The van der Waals surface area contributed by atoms with E-state index in [-0.39, 0.29) is 0 Å². The molecular formula is C12H21N3O2. The summed E-state index contributed by atoms with van der Waals surface area (Å²) < 4.78 is 1.95. The molecule has 1 aromatic heterocycles. The summed E-state index contributed by atoms with van der Waals surface area (Å²) in [7, 11) is 1.94. The van der Waals surface area contributed by atoms with Crippen LogP contribution in [0.5, 0.6) is 0 Å². The molecule has 0 aromatic carbocycles. The van der Waals surface area contributed by atoms with Crippen molar-refractivity contribution in [1.82, 2.24) is 14.9 Å². The summed E-state index contributed by atoms with van der Waals surface area (Å²) in [6.07, 6.45) is 5.54. The second kappa shape index (κ2) is 5.82. The predicted molar refractivity (Wildman–Crippen MR) is 65.9 cm³/mol. The average molecular weight is 239 g/mol. The Labute approximate surface area is 102 Å². The lowest BCUT2D eigenvalue weighted by atomic mass is 9.93. The maximum absolute atomic E-state index is 11.3. The van der Waals surface area contributed by atoms with Gasteiger partial charge < -0.3 is 15.0 Å². The van der Waals surface area contributed by atoms with Crippen LogP contribution in [-0.2, 0) is 18.3 Å². The molecule has 17 heavy (non-hydrogen) atoms. The number of aliphatic carboxylic acids is 1. The smallest absolute Gasteiger partial charge is 0.323 e. The zero-order valence-corrected chi connectivity index (χ0v) is 10.7. The highest BCUT2D eigenvalue weighted by atomic mass is 16.4. The van der Waals surface area contributed by atoms with Crippen LogP contribution in [0.1, 0.15) is 32.5 Å². The molecule has 0 bridgehead atoms. The van der Waals surface area contributed by atoms with Gasteiger partial charge in [-0.3, -0.25) is 4.79 Å². The lowest BCUT2D eigenvalue weighted by molar-refractivity contribution is -0.145. The first kappa shape index (κ1) is 13.7. The van der Waals surface area contributed by atoms with Gasteiger partial charge >= 0.3 is 5.97 Å². The zero-order chi connectivity index (χ0) is 12.9. The number of carboxylic acid groups (broad SMARTS) is 1. The van der Waals surface area contributed by atoms with Crippen LogP contribution < -0.4 is 5.32 Å². The molecule has 2 N–H and O–H groups in total. The quantitative estimate of drug-likeness (QED) is 0.750. The first-order valence-electron chi connectivity index (χ1n) is 6.00. The Morgan fingerprint density at radius 2 is 2.18 bits per heavy atom. The van der Waals surface area contributed by atoms with Gasteiger partial charge in [-0.25, -0.2) is 4.98 Å². The maximum atomic E-state index is 11.3. The fourth-order valence-electron chi connectivity index (χ4n) is 1.93. The third kappa shape index (κ3) is 3.06. The summed E-state index contributed by atoms with van der Waals surface area (Å²) in [5.41, 5.74) is -0.800. The van der Waals surface area contributed by atoms with E-state index in [1.54, 1.807) is 6.20 Å². The SMILES string of the molecule is CCC(CC)(NCCc1nccn1C)C(=O)O. The number of aromatic nitrogens is 2. The lowest BCUT2D eigenvalue weighted by Gasteiger charge is -2.28. The van der Waals surface area contributed by atoms with Gasteiger partial charge in [0, 0.05) is 32.4 Å². The highest BCUT2D eigenvalue weighted by Gasteiger charge is 2.33. The van der Waals surface area contributed by atoms with Gasteiger partial charge in [0.1, 0.15) is 11.4 Å². The van der Waals surface area contributed by atoms with Crippen LogP contribution in [0.2, 0.25) is 0 Å². The largest absolute Gasteiger partial charge is 0.480 e. The molecule has 0 aliphatic heterocycles. The van der Waals surface area contributed by atoms with E-state index < -0.39 is 11.5 Å². The van der Waals surface area contributed by atoms with Crippen LogP contribution in [0, 0.1) is 0 Å². The van der Waals surface area contributed by atoms with Crippen LogP contribution >= 0.6 is 0 Å². The van der Waals surface area contributed by atoms with Gasteiger partial charge in [-0.1, -0.05) is 13.8 Å². The molecule has 1 heterocycles. The van der Waals surface area contributed by atoms with Gasteiger partial charge in [-0.05, 0) is 12.8 Å². The number of imidazole rings is 1. The number of hydrogen-bond acceptors (Lipinski definition) is 3. The van der Waals surface area contributed by atoms with Crippen molar-refractivity contribution in [2.75, 3.05) is 6.54 Å². The fourth-order valence-corrected chi connectivity index (χ4v) is 1.93. The van der Waals surface area contributed by atoms with Crippen LogP contribution in [-0.4, -0.2) is 32.7 Å². The van der Waals surface area contributed by atoms with E-state index in [0.29, 0.717) is 19.4 Å². The fraction of sp³-hybridized carbons (Fsp3) is 0.667. The standard InChI is InChI=1S/C12H21N3O2/c1-4-12(5-2,11(16)17)14-7-6-10-13-8-9-15(10)3/h8-9,14H,4-7H2,1-3H3,(H,16,17). The molecule has 0 unspecified atom stereocenters. The Bertz CT molecular complexity index is 370. The summed E-state index contributed by atoms with van der Waals surface area (Å²) in [6.45, 7) is 4.41. The van der Waals surface area contributed by atoms with E-state index in [2.05, 4.69) is 10.3 Å². The summed E-state index contributed by atoms with van der Waals surface area (Å²) in [6, 6.07) is 0. The molecule has 1 aromatic rings. The van der Waals surface area contributed by atoms with Crippen molar-refractivity contribution in [1.29, 1.82) is 0 Å². The van der Waals surface area contributed by atoms with Gasteiger partial charge in [0.25, 0.3) is 0 Å². The minimum absolute atomic E-state index is 0.583. The minimum atomic E-state index is -0.800. The van der Waals surface area contributed by atoms with E-state index in [0.717, 1.165) is 12.2 Å². The molecule has 0 saturated carbocycles. The van der Waals surface area contributed by atoms with Crippen molar-refractivity contribution < 1.29 is 9.90 Å². The molecule has 0 aliphatic carbocycles. The molecule has 0 saturated heterocycles. The second-order valence-corrected chi connectivity index (χ2v) is 4.23. The van der Waals surface area contributed by atoms with E-state index in [9.17, 15) is 9.90 Å². The number of rotatable bonds is 7. The van der Waals surface area contributed by atoms with Crippen molar-refractivity contribution in [3.8, 4) is 0 Å². The number of aryl methyl sites for hydroxylation is 1. The lowest BCUT2D eigenvalue weighted by Crippen LogP contribution is -2.51. The number of hydrogen-bond donors (Lipinski definition) is 2. The van der Waals surface area contributed by atoms with Crippen LogP contribution in [0.4, 0.5) is 0 Å². The summed E-state index contributed by atoms with van der Waals surface area (Å²) in [5, 5.41) is 12.4. The van der Waals surface area contributed by atoms with E-state index in [4.69, 9.17) is 0 Å². The Kier molecular flexibility index (Phi) is 4.69. The topological polar surface area (TPSA) is 67.2 Å². The van der Waals surface area contributed by atoms with Crippen molar-refractivity contribution in [3.63, 3.8) is 0 Å². The average Bonchev–Trinajstić information content (AvgIpc) is 2.70. The maximum Gasteiger partial charge on any atom is 0.323 e. The molecular weight excluding hydrogens is 218 g/mol. The molecule has 5 heteroatoms. The third-order valence-corrected chi connectivity index (χ3v) is 3.35.